The van der Waals surface area contributed by atoms with Crippen molar-refractivity contribution < 1.29 is 4.79 Å². The monoisotopic (exact) mass is 412 g/mol. The van der Waals surface area contributed by atoms with Gasteiger partial charge in [-0.2, -0.15) is 0 Å². The fourth-order valence-electron chi connectivity index (χ4n) is 3.76. The van der Waals surface area contributed by atoms with E-state index in [9.17, 15) is 4.79 Å². The van der Waals surface area contributed by atoms with Gasteiger partial charge in [0, 0.05) is 49.5 Å². The molecule has 29 heavy (non-hydrogen) atoms. The van der Waals surface area contributed by atoms with Crippen molar-refractivity contribution in [2.24, 2.45) is 0 Å². The molecule has 0 aliphatic carbocycles. The Morgan fingerprint density at radius 1 is 1.28 bits per heavy atom. The average Bonchev–Trinajstić information content (AvgIpc) is 3.15. The second kappa shape index (κ2) is 8.10. The fourth-order valence-corrected chi connectivity index (χ4v) is 3.89. The van der Waals surface area contributed by atoms with E-state index < -0.39 is 0 Å². The summed E-state index contributed by atoms with van der Waals surface area (Å²) in [6.07, 6.45) is 3.61. The first-order valence-electron chi connectivity index (χ1n) is 9.77. The molecule has 1 aliphatic rings. The molecular weight excluding hydrogens is 388 g/mol. The van der Waals surface area contributed by atoms with E-state index in [1.165, 1.54) is 0 Å². The number of fused-ring (bicyclic) bond motifs is 1. The minimum atomic E-state index is -0.184. The van der Waals surface area contributed by atoms with Crippen molar-refractivity contribution in [3.8, 4) is 11.3 Å². The Morgan fingerprint density at radius 3 is 2.79 bits per heavy atom. The van der Waals surface area contributed by atoms with E-state index in [1.807, 2.05) is 38.2 Å². The highest BCUT2D eigenvalue weighted by Gasteiger charge is 2.25. The summed E-state index contributed by atoms with van der Waals surface area (Å²) < 4.78 is 0. The van der Waals surface area contributed by atoms with Gasteiger partial charge in [0.2, 0.25) is 11.2 Å². The zero-order chi connectivity index (χ0) is 20.5. The van der Waals surface area contributed by atoms with Crippen molar-refractivity contribution in [1.82, 2.24) is 24.8 Å². The molecule has 1 atom stereocenters. The van der Waals surface area contributed by atoms with E-state index in [-0.39, 0.29) is 17.2 Å². The zero-order valence-electron chi connectivity index (χ0n) is 16.9. The largest absolute Gasteiger partial charge is 0.359 e. The fraction of sp³-hybridized carbons (Fsp3) is 0.381. The molecule has 7 nitrogen and oxygen atoms in total. The van der Waals surface area contributed by atoms with Crippen LogP contribution in [0.15, 0.2) is 30.6 Å². The Bertz CT molecular complexity index is 1040. The summed E-state index contributed by atoms with van der Waals surface area (Å²) in [6.45, 7) is 7.68. The van der Waals surface area contributed by atoms with Crippen molar-refractivity contribution in [3.05, 3.63) is 41.4 Å². The third-order valence-corrected chi connectivity index (χ3v) is 5.82. The summed E-state index contributed by atoms with van der Waals surface area (Å²) in [5, 5.41) is 4.29. The number of rotatable bonds is 4. The van der Waals surface area contributed by atoms with Crippen molar-refractivity contribution in [2.75, 3.05) is 38.5 Å². The first-order valence-corrected chi connectivity index (χ1v) is 10.1. The van der Waals surface area contributed by atoms with Crippen LogP contribution in [0.2, 0.25) is 5.28 Å². The number of carbonyl (C=O) groups is 1. The Balaban J connectivity index is 1.60. The van der Waals surface area contributed by atoms with Crippen LogP contribution in [0.3, 0.4) is 0 Å². The molecule has 2 N–H and O–H groups in total. The first-order chi connectivity index (χ1) is 13.9. The number of nitrogens with zero attached hydrogens (tertiary/aromatic N) is 4. The lowest BCUT2D eigenvalue weighted by molar-refractivity contribution is -0.121. The molecule has 4 rings (SSSR count). The van der Waals surface area contributed by atoms with Gasteiger partial charge in [-0.15, -0.1) is 0 Å². The maximum absolute atomic E-state index is 12.9. The number of amides is 1. The normalized spacial score (nSPS) is 16.8. The van der Waals surface area contributed by atoms with Gasteiger partial charge >= 0.3 is 0 Å². The molecular formula is C21H25ClN6O. The number of hydrogen-bond donors (Lipinski definition) is 2. The SMILES string of the molecule is Cc1cnc(Cl)nc1-c1c[nH]c2c(NC(=O)[C@@H](C)N3CCN(C)CC3)cccc12. The van der Waals surface area contributed by atoms with Gasteiger partial charge in [0.15, 0.2) is 0 Å². The van der Waals surface area contributed by atoms with Crippen molar-refractivity contribution in [1.29, 1.82) is 0 Å². The number of H-pyrrole nitrogens is 1. The number of nitrogens with one attached hydrogen (secondary N) is 2. The number of para-hydroxylation sites is 1. The Labute approximate surface area is 175 Å². The van der Waals surface area contributed by atoms with Crippen LogP contribution >= 0.6 is 11.6 Å². The molecule has 8 heteroatoms. The van der Waals surface area contributed by atoms with E-state index >= 15 is 0 Å². The second-order valence-corrected chi connectivity index (χ2v) is 7.94. The van der Waals surface area contributed by atoms with E-state index in [4.69, 9.17) is 11.6 Å². The lowest BCUT2D eigenvalue weighted by Crippen LogP contribution is -2.51. The van der Waals surface area contributed by atoms with Gasteiger partial charge in [0.25, 0.3) is 0 Å². The Kier molecular flexibility index (Phi) is 5.54. The molecule has 0 spiro atoms. The summed E-state index contributed by atoms with van der Waals surface area (Å²) in [5.74, 6) is -0.000496. The zero-order valence-corrected chi connectivity index (χ0v) is 17.6. The maximum atomic E-state index is 12.9. The predicted octanol–water partition coefficient (Wildman–Crippen LogP) is 3.16. The van der Waals surface area contributed by atoms with Gasteiger partial charge in [-0.1, -0.05) is 12.1 Å². The highest BCUT2D eigenvalue weighted by molar-refractivity contribution is 6.28. The van der Waals surface area contributed by atoms with Gasteiger partial charge in [-0.25, -0.2) is 9.97 Å². The quantitative estimate of drug-likeness (QED) is 0.643. The average molecular weight is 413 g/mol. The standard InChI is InChI=1S/C21H25ClN6O/c1-13-11-24-21(22)26-18(13)16-12-23-19-15(16)5-4-6-17(19)25-20(29)14(2)28-9-7-27(3)8-10-28/h4-6,11-12,14,23H,7-10H2,1-3H3,(H,25,29)/t14-/m1/s1. The number of likely N-dealkylation sites (N-methyl/N-ethyl adjacent to an activating group) is 1. The topological polar surface area (TPSA) is 77.1 Å². The van der Waals surface area contributed by atoms with Crippen LogP contribution in [0.5, 0.6) is 0 Å². The van der Waals surface area contributed by atoms with E-state index in [2.05, 4.69) is 37.1 Å². The van der Waals surface area contributed by atoms with Crippen LogP contribution < -0.4 is 5.32 Å². The summed E-state index contributed by atoms with van der Waals surface area (Å²) >= 11 is 6.01. The summed E-state index contributed by atoms with van der Waals surface area (Å²) in [6, 6.07) is 5.68. The third kappa shape index (κ3) is 3.99. The molecule has 0 saturated carbocycles. The number of hydrogen-bond acceptors (Lipinski definition) is 5. The number of halogens is 1. The highest BCUT2D eigenvalue weighted by Crippen LogP contribution is 2.33. The first kappa shape index (κ1) is 19.8. The molecule has 1 fully saturated rings. The van der Waals surface area contributed by atoms with Crippen LogP contribution in [0.4, 0.5) is 5.69 Å². The summed E-state index contributed by atoms with van der Waals surface area (Å²) in [4.78, 5) is 29.1. The number of aryl methyl sites for hydroxylation is 1. The predicted molar refractivity (Wildman–Crippen MR) is 116 cm³/mol. The molecule has 3 heterocycles. The van der Waals surface area contributed by atoms with Crippen LogP contribution in [0, 0.1) is 6.92 Å². The van der Waals surface area contributed by atoms with E-state index in [0.717, 1.165) is 59.6 Å². The van der Waals surface area contributed by atoms with E-state index in [1.54, 1.807) is 6.20 Å². The molecule has 1 aromatic carbocycles. The molecule has 152 valence electrons. The lowest BCUT2D eigenvalue weighted by Gasteiger charge is -2.35. The van der Waals surface area contributed by atoms with Gasteiger partial charge in [0.1, 0.15) is 0 Å². The number of aromatic nitrogens is 3. The number of aromatic amines is 1. The molecule has 1 aliphatic heterocycles. The summed E-state index contributed by atoms with van der Waals surface area (Å²) in [7, 11) is 2.11. The Hall–Kier alpha value is -2.48. The van der Waals surface area contributed by atoms with Crippen LogP contribution in [-0.4, -0.2) is 69.9 Å². The molecule has 2 aromatic heterocycles. The van der Waals surface area contributed by atoms with Gasteiger partial charge in [0.05, 0.1) is 22.9 Å². The summed E-state index contributed by atoms with van der Waals surface area (Å²) in [5.41, 5.74) is 4.29. The number of benzene rings is 1. The van der Waals surface area contributed by atoms with Crippen molar-refractivity contribution >= 4 is 34.1 Å². The highest BCUT2D eigenvalue weighted by atomic mass is 35.5. The molecule has 0 unspecified atom stereocenters. The smallest absolute Gasteiger partial charge is 0.241 e. The van der Waals surface area contributed by atoms with Gasteiger partial charge in [-0.3, -0.25) is 9.69 Å². The van der Waals surface area contributed by atoms with Crippen molar-refractivity contribution in [3.63, 3.8) is 0 Å². The number of piperazine rings is 1. The maximum Gasteiger partial charge on any atom is 0.241 e. The molecule has 0 bridgehead atoms. The van der Waals surface area contributed by atoms with Crippen LogP contribution in [0.1, 0.15) is 12.5 Å². The minimum absolute atomic E-state index is 0.000496. The van der Waals surface area contributed by atoms with Crippen LogP contribution in [0.25, 0.3) is 22.2 Å². The molecule has 0 radical (unpaired) electrons. The number of anilines is 1. The minimum Gasteiger partial charge on any atom is -0.359 e. The van der Waals surface area contributed by atoms with Crippen molar-refractivity contribution in [2.45, 2.75) is 19.9 Å². The lowest BCUT2D eigenvalue weighted by atomic mass is 10.1. The van der Waals surface area contributed by atoms with Gasteiger partial charge < -0.3 is 15.2 Å². The molecule has 3 aromatic rings. The number of carbonyl (C=O) groups excluding carboxylic acids is 1. The van der Waals surface area contributed by atoms with Gasteiger partial charge in [-0.05, 0) is 44.1 Å². The Morgan fingerprint density at radius 2 is 2.03 bits per heavy atom. The third-order valence-electron chi connectivity index (χ3n) is 5.64. The molecule has 1 saturated heterocycles. The second-order valence-electron chi connectivity index (χ2n) is 7.61. The molecule has 1 amide bonds. The van der Waals surface area contributed by atoms with Crippen LogP contribution in [-0.2, 0) is 4.79 Å². The van der Waals surface area contributed by atoms with E-state index in [0.29, 0.717) is 0 Å².